The number of nitrogens with zero attached hydrogens (tertiary/aromatic N) is 3. The minimum atomic E-state index is 0.0603. The van der Waals surface area contributed by atoms with Crippen molar-refractivity contribution in [3.63, 3.8) is 0 Å². The predicted molar refractivity (Wildman–Crippen MR) is 78.7 cm³/mol. The Labute approximate surface area is 118 Å². The Hall–Kier alpha value is -2.36. The summed E-state index contributed by atoms with van der Waals surface area (Å²) in [5.74, 6) is 0. The van der Waals surface area contributed by atoms with Crippen LogP contribution in [0.5, 0.6) is 0 Å². The van der Waals surface area contributed by atoms with E-state index in [-0.39, 0.29) is 12.1 Å². The van der Waals surface area contributed by atoms with Gasteiger partial charge in [-0.2, -0.15) is 0 Å². The van der Waals surface area contributed by atoms with Crippen molar-refractivity contribution < 1.29 is 4.79 Å². The third-order valence-corrected chi connectivity index (χ3v) is 3.61. The first-order valence-corrected chi connectivity index (χ1v) is 6.74. The number of benzene rings is 1. The molecule has 1 aliphatic heterocycles. The van der Waals surface area contributed by atoms with Crippen LogP contribution < -0.4 is 4.90 Å². The molecule has 0 aliphatic carbocycles. The number of amides is 2. The maximum Gasteiger partial charge on any atom is 0.324 e. The summed E-state index contributed by atoms with van der Waals surface area (Å²) in [6, 6.07) is 14.0. The van der Waals surface area contributed by atoms with Gasteiger partial charge in [0.2, 0.25) is 0 Å². The van der Waals surface area contributed by atoms with Crippen LogP contribution in [0.2, 0.25) is 0 Å². The van der Waals surface area contributed by atoms with E-state index in [2.05, 4.69) is 11.1 Å². The lowest BCUT2D eigenvalue weighted by Gasteiger charge is -2.23. The first-order valence-electron chi connectivity index (χ1n) is 6.74. The topological polar surface area (TPSA) is 36.4 Å². The fourth-order valence-electron chi connectivity index (χ4n) is 2.67. The summed E-state index contributed by atoms with van der Waals surface area (Å²) in [4.78, 5) is 20.1. The molecule has 4 nitrogen and oxygen atoms in total. The molecule has 1 atom stereocenters. The zero-order valence-corrected chi connectivity index (χ0v) is 11.4. The maximum absolute atomic E-state index is 12.3. The lowest BCUT2D eigenvalue weighted by molar-refractivity contribution is 0.229. The van der Waals surface area contributed by atoms with Gasteiger partial charge in [0.05, 0.1) is 6.04 Å². The molecule has 20 heavy (non-hydrogen) atoms. The van der Waals surface area contributed by atoms with E-state index in [0.29, 0.717) is 0 Å². The van der Waals surface area contributed by atoms with Gasteiger partial charge in [0, 0.05) is 31.7 Å². The standard InChI is InChI=1S/C16H17N3O/c1-18-12-15(10-13-6-5-9-17-11-13)19(16(18)20)14-7-3-2-4-8-14/h2-9,11,15H,10,12H2,1H3. The molecular formula is C16H17N3O. The molecule has 1 aromatic carbocycles. The summed E-state index contributed by atoms with van der Waals surface area (Å²) in [6.45, 7) is 0.739. The Kier molecular flexibility index (Phi) is 3.37. The first-order chi connectivity index (χ1) is 9.75. The maximum atomic E-state index is 12.3. The number of urea groups is 1. The molecule has 1 unspecified atom stereocenters. The second kappa shape index (κ2) is 5.33. The lowest BCUT2D eigenvalue weighted by Crippen LogP contribution is -2.35. The van der Waals surface area contributed by atoms with Crippen LogP contribution in [-0.2, 0) is 6.42 Å². The van der Waals surface area contributed by atoms with Crippen molar-refractivity contribution in [1.82, 2.24) is 9.88 Å². The Morgan fingerprint density at radius 3 is 2.70 bits per heavy atom. The molecule has 1 aromatic heterocycles. The zero-order chi connectivity index (χ0) is 13.9. The summed E-state index contributed by atoms with van der Waals surface area (Å²) >= 11 is 0. The molecule has 1 aliphatic rings. The van der Waals surface area contributed by atoms with Gasteiger partial charge in [-0.1, -0.05) is 24.3 Å². The summed E-state index contributed by atoms with van der Waals surface area (Å²) in [6.07, 6.45) is 4.45. The summed E-state index contributed by atoms with van der Waals surface area (Å²) in [5, 5.41) is 0. The van der Waals surface area contributed by atoms with Gasteiger partial charge >= 0.3 is 6.03 Å². The highest BCUT2D eigenvalue weighted by molar-refractivity contribution is 5.94. The first kappa shape index (κ1) is 12.7. The van der Waals surface area contributed by atoms with Crippen LogP contribution in [0, 0.1) is 0 Å². The second-order valence-corrected chi connectivity index (χ2v) is 5.09. The van der Waals surface area contributed by atoms with E-state index >= 15 is 0 Å². The number of hydrogen-bond donors (Lipinski definition) is 0. The number of carbonyl (C=O) groups is 1. The average molecular weight is 267 g/mol. The molecule has 2 heterocycles. The van der Waals surface area contributed by atoms with Gasteiger partial charge in [0.15, 0.2) is 0 Å². The van der Waals surface area contributed by atoms with Crippen LogP contribution in [0.4, 0.5) is 10.5 Å². The van der Waals surface area contributed by atoms with E-state index in [1.54, 1.807) is 11.1 Å². The van der Waals surface area contributed by atoms with E-state index in [4.69, 9.17) is 0 Å². The highest BCUT2D eigenvalue weighted by Crippen LogP contribution is 2.25. The van der Waals surface area contributed by atoms with Crippen molar-refractivity contribution in [3.8, 4) is 0 Å². The second-order valence-electron chi connectivity index (χ2n) is 5.09. The number of aromatic nitrogens is 1. The number of hydrogen-bond acceptors (Lipinski definition) is 2. The number of pyridine rings is 1. The van der Waals surface area contributed by atoms with E-state index in [0.717, 1.165) is 24.2 Å². The summed E-state index contributed by atoms with van der Waals surface area (Å²) < 4.78 is 0. The Morgan fingerprint density at radius 2 is 2.00 bits per heavy atom. The van der Waals surface area contributed by atoms with Crippen LogP contribution >= 0.6 is 0 Å². The van der Waals surface area contributed by atoms with Crippen molar-refractivity contribution in [1.29, 1.82) is 0 Å². The molecule has 0 spiro atoms. The van der Waals surface area contributed by atoms with Gasteiger partial charge in [0.1, 0.15) is 0 Å². The number of carbonyl (C=O) groups excluding carboxylic acids is 1. The van der Waals surface area contributed by atoms with E-state index in [9.17, 15) is 4.79 Å². The molecule has 4 heteroatoms. The third-order valence-electron chi connectivity index (χ3n) is 3.61. The minimum absolute atomic E-state index is 0.0603. The van der Waals surface area contributed by atoms with Crippen LogP contribution in [0.15, 0.2) is 54.9 Å². The molecule has 0 saturated carbocycles. The lowest BCUT2D eigenvalue weighted by atomic mass is 10.1. The number of rotatable bonds is 3. The quantitative estimate of drug-likeness (QED) is 0.857. The number of likely N-dealkylation sites (N-methyl/N-ethyl adjacent to an activating group) is 1. The zero-order valence-electron chi connectivity index (χ0n) is 11.4. The van der Waals surface area contributed by atoms with Gasteiger partial charge in [-0.25, -0.2) is 4.79 Å². The smallest absolute Gasteiger partial charge is 0.324 e. The van der Waals surface area contributed by atoms with Crippen LogP contribution in [-0.4, -0.2) is 35.5 Å². The highest BCUT2D eigenvalue weighted by Gasteiger charge is 2.35. The van der Waals surface area contributed by atoms with Crippen molar-refractivity contribution in [2.24, 2.45) is 0 Å². The fraction of sp³-hybridized carbons (Fsp3) is 0.250. The Morgan fingerprint density at radius 1 is 1.20 bits per heavy atom. The van der Waals surface area contributed by atoms with Gasteiger partial charge in [-0.05, 0) is 30.2 Å². The number of para-hydroxylation sites is 1. The molecule has 0 N–H and O–H groups in total. The van der Waals surface area contributed by atoms with Crippen LogP contribution in [0.3, 0.4) is 0 Å². The third kappa shape index (κ3) is 2.37. The van der Waals surface area contributed by atoms with E-state index in [1.165, 1.54) is 0 Å². The molecule has 2 amide bonds. The van der Waals surface area contributed by atoms with Crippen molar-refractivity contribution in [3.05, 3.63) is 60.4 Å². The van der Waals surface area contributed by atoms with Gasteiger partial charge in [0.25, 0.3) is 0 Å². The van der Waals surface area contributed by atoms with Crippen molar-refractivity contribution >= 4 is 11.7 Å². The van der Waals surface area contributed by atoms with Gasteiger partial charge in [-0.3, -0.25) is 9.88 Å². The van der Waals surface area contributed by atoms with E-state index < -0.39 is 0 Å². The van der Waals surface area contributed by atoms with Gasteiger partial charge in [-0.15, -0.1) is 0 Å². The summed E-state index contributed by atoms with van der Waals surface area (Å²) in [7, 11) is 1.85. The van der Waals surface area contributed by atoms with Crippen molar-refractivity contribution in [2.75, 3.05) is 18.5 Å². The molecule has 2 aromatic rings. The minimum Gasteiger partial charge on any atom is -0.325 e. The predicted octanol–water partition coefficient (Wildman–Crippen LogP) is 2.56. The summed E-state index contributed by atoms with van der Waals surface area (Å²) in [5.41, 5.74) is 2.11. The molecule has 1 fully saturated rings. The molecular weight excluding hydrogens is 250 g/mol. The SMILES string of the molecule is CN1CC(Cc2cccnc2)N(c2ccccc2)C1=O. The largest absolute Gasteiger partial charge is 0.325 e. The molecule has 0 bridgehead atoms. The highest BCUT2D eigenvalue weighted by atomic mass is 16.2. The van der Waals surface area contributed by atoms with E-state index in [1.807, 2.05) is 54.5 Å². The molecule has 3 rings (SSSR count). The fourth-order valence-corrected chi connectivity index (χ4v) is 2.67. The molecule has 102 valence electrons. The molecule has 1 saturated heterocycles. The van der Waals surface area contributed by atoms with Gasteiger partial charge < -0.3 is 4.90 Å². The normalized spacial score (nSPS) is 18.6. The number of anilines is 1. The monoisotopic (exact) mass is 267 g/mol. The Balaban J connectivity index is 1.87. The average Bonchev–Trinajstić information content (AvgIpc) is 2.76. The molecule has 0 radical (unpaired) electrons. The van der Waals surface area contributed by atoms with Crippen molar-refractivity contribution in [2.45, 2.75) is 12.5 Å². The Bertz CT molecular complexity index is 585. The van der Waals surface area contributed by atoms with Crippen LogP contribution in [0.25, 0.3) is 0 Å². The van der Waals surface area contributed by atoms with Crippen LogP contribution in [0.1, 0.15) is 5.56 Å².